The molecule has 80 valence electrons. The van der Waals surface area contributed by atoms with Crippen LogP contribution in [-0.4, -0.2) is 27.7 Å². The van der Waals surface area contributed by atoms with Gasteiger partial charge in [-0.15, -0.1) is 11.8 Å². The van der Waals surface area contributed by atoms with Crippen LogP contribution in [-0.2, 0) is 4.79 Å². The van der Waals surface area contributed by atoms with Gasteiger partial charge in [0.05, 0.1) is 4.87 Å². The lowest BCUT2D eigenvalue weighted by Crippen LogP contribution is -2.65. The van der Waals surface area contributed by atoms with E-state index < -0.39 is 5.97 Å². The molecule has 1 aliphatic carbocycles. The predicted molar refractivity (Wildman–Crippen MR) is 57.3 cm³/mol. The van der Waals surface area contributed by atoms with Crippen molar-refractivity contribution in [1.82, 2.24) is 5.32 Å². The zero-order valence-electron chi connectivity index (χ0n) is 8.62. The summed E-state index contributed by atoms with van der Waals surface area (Å²) < 4.78 is 0. The molecule has 2 N–H and O–H groups in total. The van der Waals surface area contributed by atoms with Gasteiger partial charge in [0.15, 0.2) is 0 Å². The molecule has 4 unspecified atom stereocenters. The highest BCUT2D eigenvalue weighted by molar-refractivity contribution is 8.00. The molecule has 0 aromatic rings. The molecule has 0 aromatic heterocycles. The maximum atomic E-state index is 10.9. The Morgan fingerprint density at radius 3 is 2.79 bits per heavy atom. The lowest BCUT2D eigenvalue weighted by molar-refractivity contribution is -0.140. The molecule has 3 nitrogen and oxygen atoms in total. The summed E-state index contributed by atoms with van der Waals surface area (Å²) >= 11 is 1.91. The van der Waals surface area contributed by atoms with Crippen LogP contribution in [0.4, 0.5) is 0 Å². The number of hydrogen-bond donors (Lipinski definition) is 2. The molecular weight excluding hydrogens is 198 g/mol. The van der Waals surface area contributed by atoms with Crippen molar-refractivity contribution in [2.75, 3.05) is 5.75 Å². The smallest absolute Gasteiger partial charge is 0.320 e. The van der Waals surface area contributed by atoms with Crippen molar-refractivity contribution < 1.29 is 9.90 Å². The third-order valence-corrected chi connectivity index (χ3v) is 5.31. The van der Waals surface area contributed by atoms with Gasteiger partial charge in [-0.05, 0) is 30.4 Å². The Labute approximate surface area is 88.6 Å². The van der Waals surface area contributed by atoms with Gasteiger partial charge in [-0.1, -0.05) is 13.8 Å². The molecular formula is C10H17NO2S. The van der Waals surface area contributed by atoms with E-state index in [1.54, 1.807) is 0 Å². The zero-order chi connectivity index (χ0) is 10.3. The van der Waals surface area contributed by atoms with E-state index >= 15 is 0 Å². The molecule has 2 fully saturated rings. The first kappa shape index (κ1) is 10.3. The second-order valence-corrected chi connectivity index (χ2v) is 5.96. The summed E-state index contributed by atoms with van der Waals surface area (Å²) in [5.74, 6) is 1.59. The third kappa shape index (κ3) is 1.44. The minimum atomic E-state index is -0.698. The Balaban J connectivity index is 2.04. The van der Waals surface area contributed by atoms with Gasteiger partial charge < -0.3 is 5.11 Å². The number of thioether (sulfide) groups is 1. The van der Waals surface area contributed by atoms with Crippen LogP contribution in [0.15, 0.2) is 0 Å². The maximum Gasteiger partial charge on any atom is 0.320 e. The normalized spacial score (nSPS) is 47.4. The van der Waals surface area contributed by atoms with E-state index in [1.165, 1.54) is 0 Å². The SMILES string of the molecule is CC1CC2(NC(C(=O)O)CCS2)C1C. The molecule has 4 atom stereocenters. The average molecular weight is 215 g/mol. The summed E-state index contributed by atoms with van der Waals surface area (Å²) in [4.78, 5) is 11.0. The molecule has 4 heteroatoms. The number of rotatable bonds is 1. The van der Waals surface area contributed by atoms with Gasteiger partial charge in [0.25, 0.3) is 0 Å². The van der Waals surface area contributed by atoms with Crippen LogP contribution < -0.4 is 5.32 Å². The van der Waals surface area contributed by atoms with E-state index in [0.29, 0.717) is 5.92 Å². The van der Waals surface area contributed by atoms with Crippen LogP contribution in [0.3, 0.4) is 0 Å². The van der Waals surface area contributed by atoms with Gasteiger partial charge >= 0.3 is 5.97 Å². The van der Waals surface area contributed by atoms with E-state index in [-0.39, 0.29) is 10.9 Å². The molecule has 0 amide bonds. The minimum Gasteiger partial charge on any atom is -0.480 e. The Morgan fingerprint density at radius 2 is 2.29 bits per heavy atom. The second kappa shape index (κ2) is 3.42. The van der Waals surface area contributed by atoms with Gasteiger partial charge in [0, 0.05) is 0 Å². The fraction of sp³-hybridized carbons (Fsp3) is 0.900. The van der Waals surface area contributed by atoms with Crippen molar-refractivity contribution >= 4 is 17.7 Å². The molecule has 0 radical (unpaired) electrons. The van der Waals surface area contributed by atoms with Crippen molar-refractivity contribution in [1.29, 1.82) is 0 Å². The van der Waals surface area contributed by atoms with Crippen LogP contribution in [0.2, 0.25) is 0 Å². The van der Waals surface area contributed by atoms with Crippen molar-refractivity contribution in [3.05, 3.63) is 0 Å². The van der Waals surface area contributed by atoms with Crippen molar-refractivity contribution in [3.8, 4) is 0 Å². The molecule has 2 aliphatic rings. The maximum absolute atomic E-state index is 10.9. The quantitative estimate of drug-likeness (QED) is 0.696. The van der Waals surface area contributed by atoms with E-state index in [4.69, 9.17) is 5.11 Å². The fourth-order valence-electron chi connectivity index (χ4n) is 2.47. The average Bonchev–Trinajstić information content (AvgIpc) is 2.18. The number of carboxylic acids is 1. The zero-order valence-corrected chi connectivity index (χ0v) is 9.43. The van der Waals surface area contributed by atoms with Crippen LogP contribution in [0, 0.1) is 11.8 Å². The van der Waals surface area contributed by atoms with Crippen molar-refractivity contribution in [2.24, 2.45) is 11.8 Å². The van der Waals surface area contributed by atoms with Gasteiger partial charge in [0.1, 0.15) is 6.04 Å². The molecule has 1 aliphatic heterocycles. The molecule has 1 saturated carbocycles. The van der Waals surface area contributed by atoms with Crippen LogP contribution in [0.25, 0.3) is 0 Å². The first-order valence-corrected chi connectivity index (χ1v) is 6.18. The standard InChI is InChI=1S/C10H17NO2S/c1-6-5-10(7(6)2)11-8(9(12)13)3-4-14-10/h6-8,11H,3-5H2,1-2H3,(H,12,13). The van der Waals surface area contributed by atoms with E-state index in [9.17, 15) is 4.79 Å². The van der Waals surface area contributed by atoms with Gasteiger partial charge in [-0.3, -0.25) is 10.1 Å². The number of carboxylic acid groups (broad SMARTS) is 1. The second-order valence-electron chi connectivity index (χ2n) is 4.53. The van der Waals surface area contributed by atoms with Crippen LogP contribution in [0.5, 0.6) is 0 Å². The number of aliphatic carboxylic acids is 1. The fourth-order valence-corrected chi connectivity index (χ4v) is 4.29. The highest BCUT2D eigenvalue weighted by Crippen LogP contribution is 2.52. The molecule has 2 rings (SSSR count). The monoisotopic (exact) mass is 215 g/mol. The number of nitrogens with one attached hydrogen (secondary N) is 1. The topological polar surface area (TPSA) is 49.3 Å². The van der Waals surface area contributed by atoms with E-state index in [2.05, 4.69) is 19.2 Å². The third-order valence-electron chi connectivity index (χ3n) is 3.70. The highest BCUT2D eigenvalue weighted by atomic mass is 32.2. The Morgan fingerprint density at radius 1 is 1.57 bits per heavy atom. The van der Waals surface area contributed by atoms with Crippen LogP contribution >= 0.6 is 11.8 Å². The molecule has 0 aromatic carbocycles. The van der Waals surface area contributed by atoms with Crippen molar-refractivity contribution in [3.63, 3.8) is 0 Å². The summed E-state index contributed by atoms with van der Waals surface area (Å²) in [5, 5.41) is 12.3. The van der Waals surface area contributed by atoms with Crippen LogP contribution in [0.1, 0.15) is 26.7 Å². The first-order chi connectivity index (χ1) is 6.55. The molecule has 1 spiro atoms. The summed E-state index contributed by atoms with van der Waals surface area (Å²) in [6.45, 7) is 4.46. The van der Waals surface area contributed by atoms with E-state index in [0.717, 1.165) is 24.5 Å². The molecule has 14 heavy (non-hydrogen) atoms. The number of hydrogen-bond acceptors (Lipinski definition) is 3. The molecule has 0 bridgehead atoms. The summed E-state index contributed by atoms with van der Waals surface area (Å²) in [6, 6.07) is -0.328. The summed E-state index contributed by atoms with van der Waals surface area (Å²) in [7, 11) is 0. The lowest BCUT2D eigenvalue weighted by atomic mass is 9.70. The van der Waals surface area contributed by atoms with Gasteiger partial charge in [0.2, 0.25) is 0 Å². The summed E-state index contributed by atoms with van der Waals surface area (Å²) in [6.07, 6.45) is 1.87. The Bertz CT molecular complexity index is 255. The summed E-state index contributed by atoms with van der Waals surface area (Å²) in [5.41, 5.74) is 0. The van der Waals surface area contributed by atoms with Crippen molar-refractivity contribution in [2.45, 2.75) is 37.6 Å². The Kier molecular flexibility index (Phi) is 2.52. The van der Waals surface area contributed by atoms with Gasteiger partial charge in [-0.2, -0.15) is 0 Å². The largest absolute Gasteiger partial charge is 0.480 e. The number of carbonyl (C=O) groups is 1. The van der Waals surface area contributed by atoms with Gasteiger partial charge in [-0.25, -0.2) is 0 Å². The predicted octanol–water partition coefficient (Wildman–Crippen LogP) is 1.54. The minimum absolute atomic E-state index is 0.0702. The first-order valence-electron chi connectivity index (χ1n) is 5.19. The molecule has 1 heterocycles. The Hall–Kier alpha value is -0.220. The highest BCUT2D eigenvalue weighted by Gasteiger charge is 2.52. The van der Waals surface area contributed by atoms with E-state index in [1.807, 2.05) is 11.8 Å². The lowest BCUT2D eigenvalue weighted by Gasteiger charge is -2.56. The molecule has 1 saturated heterocycles.